The Bertz CT molecular complexity index is 479. The van der Waals surface area contributed by atoms with Crippen LogP contribution in [0.5, 0.6) is 0 Å². The van der Waals surface area contributed by atoms with Crippen LogP contribution in [0.1, 0.15) is 19.3 Å². The maximum Gasteiger partial charge on any atom is 0.240 e. The van der Waals surface area contributed by atoms with E-state index in [4.69, 9.17) is 34.7 Å². The van der Waals surface area contributed by atoms with Crippen LogP contribution in [0.4, 0.5) is 11.4 Å². The van der Waals surface area contributed by atoms with Crippen molar-refractivity contribution in [3.05, 3.63) is 22.2 Å². The minimum absolute atomic E-state index is 0.321. The number of anilines is 2. The minimum Gasteiger partial charge on any atom is -0.397 e. The van der Waals surface area contributed by atoms with Gasteiger partial charge in [0.2, 0.25) is 5.91 Å². The van der Waals surface area contributed by atoms with Crippen molar-refractivity contribution >= 4 is 40.5 Å². The second kappa shape index (κ2) is 5.24. The van der Waals surface area contributed by atoms with Gasteiger partial charge in [0.1, 0.15) is 6.04 Å². The zero-order valence-corrected chi connectivity index (χ0v) is 11.3. The summed E-state index contributed by atoms with van der Waals surface area (Å²) in [6.45, 7) is 0.746. The van der Waals surface area contributed by atoms with Crippen molar-refractivity contribution in [1.82, 2.24) is 0 Å². The first-order valence-corrected chi connectivity index (χ1v) is 6.57. The third-order valence-electron chi connectivity index (χ3n) is 3.21. The van der Waals surface area contributed by atoms with Crippen LogP contribution in [0.2, 0.25) is 10.0 Å². The number of nitrogens with zero attached hydrogens (tertiary/aromatic N) is 1. The van der Waals surface area contributed by atoms with Gasteiger partial charge in [0, 0.05) is 6.54 Å². The van der Waals surface area contributed by atoms with Gasteiger partial charge in [-0.25, -0.2) is 0 Å². The smallest absolute Gasteiger partial charge is 0.240 e. The number of halogens is 2. The van der Waals surface area contributed by atoms with Gasteiger partial charge in [-0.3, -0.25) is 4.79 Å². The normalized spacial score (nSPS) is 19.9. The molecule has 1 aliphatic heterocycles. The average Bonchev–Trinajstić information content (AvgIpc) is 2.34. The number of primary amides is 1. The van der Waals surface area contributed by atoms with E-state index in [0.717, 1.165) is 31.5 Å². The fourth-order valence-corrected chi connectivity index (χ4v) is 2.65. The predicted octanol–water partition coefficient (Wildman–Crippen LogP) is 2.42. The third-order valence-corrected chi connectivity index (χ3v) is 3.93. The summed E-state index contributed by atoms with van der Waals surface area (Å²) < 4.78 is 0. The Morgan fingerprint density at radius 3 is 2.61 bits per heavy atom. The summed E-state index contributed by atoms with van der Waals surface area (Å²) in [6.07, 6.45) is 2.74. The van der Waals surface area contributed by atoms with E-state index in [-0.39, 0.29) is 11.9 Å². The molecule has 1 amide bonds. The highest BCUT2D eigenvalue weighted by atomic mass is 35.5. The van der Waals surface area contributed by atoms with Gasteiger partial charge >= 0.3 is 0 Å². The van der Waals surface area contributed by atoms with Crippen molar-refractivity contribution in [2.45, 2.75) is 25.3 Å². The zero-order valence-electron chi connectivity index (χ0n) is 9.83. The summed E-state index contributed by atoms with van der Waals surface area (Å²) >= 11 is 11.9. The number of rotatable bonds is 2. The molecule has 0 spiro atoms. The number of hydrogen-bond acceptors (Lipinski definition) is 3. The van der Waals surface area contributed by atoms with Gasteiger partial charge in [-0.1, -0.05) is 23.2 Å². The SMILES string of the molecule is NC(=O)C1CCCCN1c1cc(Cl)c(Cl)cc1N. The van der Waals surface area contributed by atoms with E-state index in [1.165, 1.54) is 0 Å². The van der Waals surface area contributed by atoms with Crippen LogP contribution >= 0.6 is 23.2 Å². The Morgan fingerprint density at radius 2 is 1.94 bits per heavy atom. The van der Waals surface area contributed by atoms with E-state index in [0.29, 0.717) is 15.7 Å². The minimum atomic E-state index is -0.333. The third kappa shape index (κ3) is 2.49. The fraction of sp³-hybridized carbons (Fsp3) is 0.417. The Labute approximate surface area is 116 Å². The highest BCUT2D eigenvalue weighted by molar-refractivity contribution is 6.42. The van der Waals surface area contributed by atoms with Gasteiger partial charge in [-0.05, 0) is 31.4 Å². The summed E-state index contributed by atoms with van der Waals surface area (Å²) in [5.74, 6) is -0.333. The van der Waals surface area contributed by atoms with Crippen LogP contribution in [0.3, 0.4) is 0 Å². The van der Waals surface area contributed by atoms with E-state index < -0.39 is 0 Å². The molecule has 0 aromatic heterocycles. The maximum atomic E-state index is 11.5. The molecule has 2 rings (SSSR count). The summed E-state index contributed by atoms with van der Waals surface area (Å²) in [5, 5.41) is 0.834. The van der Waals surface area contributed by atoms with Gasteiger partial charge in [0.15, 0.2) is 0 Å². The number of amides is 1. The number of benzene rings is 1. The number of nitrogens with two attached hydrogens (primary N) is 2. The summed E-state index contributed by atoms with van der Waals surface area (Å²) in [5.41, 5.74) is 12.6. The highest BCUT2D eigenvalue weighted by Crippen LogP contribution is 2.35. The molecule has 98 valence electrons. The Kier molecular flexibility index (Phi) is 3.88. The van der Waals surface area contributed by atoms with Crippen molar-refractivity contribution in [1.29, 1.82) is 0 Å². The molecule has 18 heavy (non-hydrogen) atoms. The maximum absolute atomic E-state index is 11.5. The lowest BCUT2D eigenvalue weighted by Crippen LogP contribution is -2.48. The first-order valence-electron chi connectivity index (χ1n) is 5.81. The zero-order chi connectivity index (χ0) is 13.3. The molecule has 1 aromatic rings. The summed E-state index contributed by atoms with van der Waals surface area (Å²) in [6, 6.07) is 2.98. The number of carbonyl (C=O) groups excluding carboxylic acids is 1. The number of piperidine rings is 1. The molecule has 0 radical (unpaired) electrons. The largest absolute Gasteiger partial charge is 0.397 e. The van der Waals surface area contributed by atoms with Gasteiger partial charge in [-0.2, -0.15) is 0 Å². The van der Waals surface area contributed by atoms with Crippen LogP contribution in [0.15, 0.2) is 12.1 Å². The van der Waals surface area contributed by atoms with E-state index in [9.17, 15) is 4.79 Å². The van der Waals surface area contributed by atoms with Gasteiger partial charge in [0.25, 0.3) is 0 Å². The first kappa shape index (κ1) is 13.3. The van der Waals surface area contributed by atoms with Crippen molar-refractivity contribution in [2.24, 2.45) is 5.73 Å². The molecule has 0 aliphatic carbocycles. The fourth-order valence-electron chi connectivity index (χ4n) is 2.32. The van der Waals surface area contributed by atoms with Crippen LogP contribution in [0, 0.1) is 0 Å². The molecule has 4 N–H and O–H groups in total. The van der Waals surface area contributed by atoms with E-state index >= 15 is 0 Å². The van der Waals surface area contributed by atoms with Crippen LogP contribution in [-0.4, -0.2) is 18.5 Å². The van der Waals surface area contributed by atoms with Crippen LogP contribution < -0.4 is 16.4 Å². The van der Waals surface area contributed by atoms with Crippen molar-refractivity contribution in [2.75, 3.05) is 17.2 Å². The number of nitrogen functional groups attached to an aromatic ring is 1. The van der Waals surface area contributed by atoms with Crippen molar-refractivity contribution < 1.29 is 4.79 Å². The quantitative estimate of drug-likeness (QED) is 0.821. The Morgan fingerprint density at radius 1 is 1.28 bits per heavy atom. The number of carbonyl (C=O) groups is 1. The molecule has 0 bridgehead atoms. The molecule has 4 nitrogen and oxygen atoms in total. The average molecular weight is 288 g/mol. The number of hydrogen-bond donors (Lipinski definition) is 2. The summed E-state index contributed by atoms with van der Waals surface area (Å²) in [4.78, 5) is 13.4. The molecule has 1 fully saturated rings. The molecule has 1 aliphatic rings. The summed E-state index contributed by atoms with van der Waals surface area (Å²) in [7, 11) is 0. The molecule has 6 heteroatoms. The van der Waals surface area contributed by atoms with Gasteiger partial charge in [0.05, 0.1) is 21.4 Å². The molecular weight excluding hydrogens is 273 g/mol. The molecule has 0 saturated carbocycles. The lowest BCUT2D eigenvalue weighted by atomic mass is 10.0. The topological polar surface area (TPSA) is 72.4 Å². The first-order chi connectivity index (χ1) is 8.50. The molecule has 1 aromatic carbocycles. The Hall–Kier alpha value is -1.13. The predicted molar refractivity (Wildman–Crippen MR) is 75.1 cm³/mol. The lowest BCUT2D eigenvalue weighted by Gasteiger charge is -2.36. The molecular formula is C12H15Cl2N3O. The molecule has 1 atom stereocenters. The van der Waals surface area contributed by atoms with Crippen LogP contribution in [-0.2, 0) is 4.79 Å². The van der Waals surface area contributed by atoms with Crippen molar-refractivity contribution in [3.8, 4) is 0 Å². The molecule has 1 unspecified atom stereocenters. The molecule has 1 saturated heterocycles. The van der Waals surface area contributed by atoms with E-state index in [1.807, 2.05) is 4.90 Å². The van der Waals surface area contributed by atoms with Crippen molar-refractivity contribution in [3.63, 3.8) is 0 Å². The standard InChI is InChI=1S/C12H15Cl2N3O/c13-7-5-9(15)11(6-8(7)14)17-4-2-1-3-10(17)12(16)18/h5-6,10H,1-4,15H2,(H2,16,18). The van der Waals surface area contributed by atoms with Gasteiger partial charge in [-0.15, -0.1) is 0 Å². The second-order valence-electron chi connectivity index (χ2n) is 4.43. The lowest BCUT2D eigenvalue weighted by molar-refractivity contribution is -0.119. The molecule has 1 heterocycles. The highest BCUT2D eigenvalue weighted by Gasteiger charge is 2.28. The van der Waals surface area contributed by atoms with E-state index in [2.05, 4.69) is 0 Å². The Balaban J connectivity index is 2.39. The van der Waals surface area contributed by atoms with Gasteiger partial charge < -0.3 is 16.4 Å². The monoisotopic (exact) mass is 287 g/mol. The van der Waals surface area contributed by atoms with Crippen LogP contribution in [0.25, 0.3) is 0 Å². The van der Waals surface area contributed by atoms with E-state index in [1.54, 1.807) is 12.1 Å². The second-order valence-corrected chi connectivity index (χ2v) is 5.25.